The van der Waals surface area contributed by atoms with Crippen LogP contribution < -0.4 is 14.8 Å². The molecule has 0 aliphatic carbocycles. The van der Waals surface area contributed by atoms with Crippen LogP contribution in [0.2, 0.25) is 5.02 Å². The van der Waals surface area contributed by atoms with Gasteiger partial charge in [0, 0.05) is 24.0 Å². The van der Waals surface area contributed by atoms with Gasteiger partial charge < -0.3 is 19.7 Å². The number of fused-ring (bicyclic) bond motifs is 1. The van der Waals surface area contributed by atoms with Gasteiger partial charge in [0.05, 0.1) is 0 Å². The fourth-order valence-electron chi connectivity index (χ4n) is 3.64. The Morgan fingerprint density at radius 2 is 1.72 bits per heavy atom. The van der Waals surface area contributed by atoms with Gasteiger partial charge in [0.25, 0.3) is 0 Å². The van der Waals surface area contributed by atoms with Crippen LogP contribution in [0, 0.1) is 0 Å². The zero-order valence-electron chi connectivity index (χ0n) is 18.9. The van der Waals surface area contributed by atoms with Gasteiger partial charge in [0.15, 0.2) is 11.5 Å². The lowest BCUT2D eigenvalue weighted by Crippen LogP contribution is -2.50. The molecule has 2 atom stereocenters. The van der Waals surface area contributed by atoms with Crippen molar-refractivity contribution in [2.45, 2.75) is 65.1 Å². The summed E-state index contributed by atoms with van der Waals surface area (Å²) in [5.74, 6) is 1.24. The molecule has 2 aromatic rings. The molecule has 7 heteroatoms. The Bertz CT molecular complexity index is 932. The third-order valence-electron chi connectivity index (χ3n) is 5.72. The average Bonchev–Trinajstić information content (AvgIpc) is 3.26. The minimum absolute atomic E-state index is 0.0534. The number of carbonyl (C=O) groups is 2. The van der Waals surface area contributed by atoms with E-state index in [4.69, 9.17) is 21.1 Å². The van der Waals surface area contributed by atoms with Crippen LogP contribution in [0.4, 0.5) is 0 Å². The standard InChI is InChI=1S/C25H31ClN2O4/c1-4-17(3)27-25(30)21(5-2)28(15-19-6-10-20(26)11-7-19)24(29)13-9-18-8-12-22-23(14-18)32-16-31-22/h6-8,10-12,14,17,21H,4-5,9,13,15-16H2,1-3H3,(H,27,30)/t17-,21+/m1/s1. The lowest BCUT2D eigenvalue weighted by atomic mass is 10.1. The molecule has 0 bridgehead atoms. The number of nitrogens with zero attached hydrogens (tertiary/aromatic N) is 1. The molecule has 172 valence electrons. The van der Waals surface area contributed by atoms with Gasteiger partial charge in [-0.15, -0.1) is 0 Å². The number of aryl methyl sites for hydroxylation is 1. The first-order valence-corrected chi connectivity index (χ1v) is 11.5. The molecule has 1 N–H and O–H groups in total. The van der Waals surface area contributed by atoms with Crippen LogP contribution in [-0.4, -0.2) is 35.6 Å². The highest BCUT2D eigenvalue weighted by molar-refractivity contribution is 6.30. The summed E-state index contributed by atoms with van der Waals surface area (Å²) in [5, 5.41) is 3.66. The van der Waals surface area contributed by atoms with E-state index in [0.29, 0.717) is 36.6 Å². The molecule has 2 aromatic carbocycles. The Labute approximate surface area is 194 Å². The smallest absolute Gasteiger partial charge is 0.243 e. The summed E-state index contributed by atoms with van der Waals surface area (Å²) in [6.45, 7) is 6.49. The lowest BCUT2D eigenvalue weighted by Gasteiger charge is -2.31. The molecule has 32 heavy (non-hydrogen) atoms. The van der Waals surface area contributed by atoms with Crippen LogP contribution in [0.25, 0.3) is 0 Å². The molecule has 2 amide bonds. The van der Waals surface area contributed by atoms with Gasteiger partial charge in [-0.25, -0.2) is 0 Å². The minimum atomic E-state index is -0.538. The third-order valence-corrected chi connectivity index (χ3v) is 5.97. The number of halogens is 1. The van der Waals surface area contributed by atoms with E-state index in [1.165, 1.54) is 0 Å². The second kappa shape index (κ2) is 11.2. The number of amides is 2. The first-order chi connectivity index (χ1) is 15.4. The molecule has 1 heterocycles. The van der Waals surface area contributed by atoms with Crippen LogP contribution in [0.5, 0.6) is 11.5 Å². The van der Waals surface area contributed by atoms with Crippen molar-refractivity contribution in [3.63, 3.8) is 0 Å². The van der Waals surface area contributed by atoms with Crippen molar-refractivity contribution in [1.82, 2.24) is 10.2 Å². The molecule has 0 saturated carbocycles. The second-order valence-corrected chi connectivity index (χ2v) is 8.51. The van der Waals surface area contributed by atoms with Crippen molar-refractivity contribution in [2.75, 3.05) is 6.79 Å². The lowest BCUT2D eigenvalue weighted by molar-refractivity contribution is -0.141. The Kier molecular flexibility index (Phi) is 8.39. The van der Waals surface area contributed by atoms with Crippen LogP contribution in [0.1, 0.15) is 51.2 Å². The van der Waals surface area contributed by atoms with Crippen LogP contribution in [0.3, 0.4) is 0 Å². The SMILES string of the molecule is CC[C@@H](C)NC(=O)[C@H](CC)N(Cc1ccc(Cl)cc1)C(=O)CCc1ccc2c(c1)OCO2. The summed E-state index contributed by atoms with van der Waals surface area (Å²) in [6, 6.07) is 12.6. The molecule has 1 aliphatic heterocycles. The molecule has 0 fully saturated rings. The number of carbonyl (C=O) groups excluding carboxylic acids is 2. The Morgan fingerprint density at radius 3 is 2.41 bits per heavy atom. The zero-order chi connectivity index (χ0) is 23.1. The number of rotatable bonds is 10. The predicted molar refractivity (Wildman–Crippen MR) is 125 cm³/mol. The van der Waals surface area contributed by atoms with Crippen LogP contribution in [-0.2, 0) is 22.6 Å². The predicted octanol–water partition coefficient (Wildman–Crippen LogP) is 4.72. The first-order valence-electron chi connectivity index (χ1n) is 11.1. The third kappa shape index (κ3) is 6.16. The Morgan fingerprint density at radius 1 is 1.03 bits per heavy atom. The molecular weight excluding hydrogens is 428 g/mol. The van der Waals surface area contributed by atoms with Gasteiger partial charge in [-0.2, -0.15) is 0 Å². The van der Waals surface area contributed by atoms with E-state index in [9.17, 15) is 9.59 Å². The number of ether oxygens (including phenoxy) is 2. The van der Waals surface area contributed by atoms with Crippen molar-refractivity contribution < 1.29 is 19.1 Å². The van der Waals surface area contributed by atoms with E-state index in [-0.39, 0.29) is 24.6 Å². The molecule has 0 aromatic heterocycles. The normalized spacial score (nSPS) is 14.0. The quantitative estimate of drug-likeness (QED) is 0.559. The largest absolute Gasteiger partial charge is 0.454 e. The van der Waals surface area contributed by atoms with Crippen LogP contribution in [0.15, 0.2) is 42.5 Å². The Balaban J connectivity index is 1.75. The van der Waals surface area contributed by atoms with Gasteiger partial charge in [-0.1, -0.05) is 43.6 Å². The van der Waals surface area contributed by atoms with Gasteiger partial charge in [-0.3, -0.25) is 9.59 Å². The molecule has 0 saturated heterocycles. The van der Waals surface area contributed by atoms with Crippen molar-refractivity contribution in [3.05, 3.63) is 58.6 Å². The molecule has 0 unspecified atom stereocenters. The highest BCUT2D eigenvalue weighted by atomic mass is 35.5. The number of hydrogen-bond acceptors (Lipinski definition) is 4. The Hall–Kier alpha value is -2.73. The fraction of sp³-hybridized carbons (Fsp3) is 0.440. The maximum atomic E-state index is 13.3. The van der Waals surface area contributed by atoms with Gasteiger partial charge in [-0.05, 0) is 61.6 Å². The highest BCUT2D eigenvalue weighted by Crippen LogP contribution is 2.32. The minimum Gasteiger partial charge on any atom is -0.454 e. The van der Waals surface area contributed by atoms with E-state index < -0.39 is 6.04 Å². The van der Waals surface area contributed by atoms with E-state index >= 15 is 0 Å². The van der Waals surface area contributed by atoms with E-state index in [1.807, 2.05) is 51.1 Å². The van der Waals surface area contributed by atoms with Gasteiger partial charge in [0.2, 0.25) is 18.6 Å². The molecule has 3 rings (SSSR count). The highest BCUT2D eigenvalue weighted by Gasteiger charge is 2.29. The topological polar surface area (TPSA) is 67.9 Å². The van der Waals surface area contributed by atoms with Gasteiger partial charge in [0.1, 0.15) is 6.04 Å². The zero-order valence-corrected chi connectivity index (χ0v) is 19.7. The van der Waals surface area contributed by atoms with E-state index in [0.717, 1.165) is 23.3 Å². The summed E-state index contributed by atoms with van der Waals surface area (Å²) in [6.07, 6.45) is 2.21. The second-order valence-electron chi connectivity index (χ2n) is 8.08. The summed E-state index contributed by atoms with van der Waals surface area (Å²) in [4.78, 5) is 28.0. The summed E-state index contributed by atoms with van der Waals surface area (Å²) in [7, 11) is 0. The van der Waals surface area contributed by atoms with E-state index in [2.05, 4.69) is 5.32 Å². The molecule has 0 radical (unpaired) electrons. The van der Waals surface area contributed by atoms with Crippen LogP contribution >= 0.6 is 11.6 Å². The maximum Gasteiger partial charge on any atom is 0.243 e. The summed E-state index contributed by atoms with van der Waals surface area (Å²) >= 11 is 6.02. The van der Waals surface area contributed by atoms with Crippen molar-refractivity contribution in [2.24, 2.45) is 0 Å². The molecule has 0 spiro atoms. The molecule has 6 nitrogen and oxygen atoms in total. The fourth-order valence-corrected chi connectivity index (χ4v) is 3.76. The summed E-state index contributed by atoms with van der Waals surface area (Å²) < 4.78 is 10.8. The molecule has 1 aliphatic rings. The van der Waals surface area contributed by atoms with Gasteiger partial charge >= 0.3 is 0 Å². The van der Waals surface area contributed by atoms with E-state index in [1.54, 1.807) is 17.0 Å². The van der Waals surface area contributed by atoms with Crippen molar-refractivity contribution in [1.29, 1.82) is 0 Å². The first kappa shape index (κ1) is 23.9. The van der Waals surface area contributed by atoms with Crippen molar-refractivity contribution >= 4 is 23.4 Å². The maximum absolute atomic E-state index is 13.3. The monoisotopic (exact) mass is 458 g/mol. The number of nitrogens with one attached hydrogen (secondary N) is 1. The average molecular weight is 459 g/mol. The summed E-state index contributed by atoms with van der Waals surface area (Å²) in [5.41, 5.74) is 1.92. The number of benzene rings is 2. The van der Waals surface area contributed by atoms with Crippen molar-refractivity contribution in [3.8, 4) is 11.5 Å². The number of hydrogen-bond donors (Lipinski definition) is 1. The molecular formula is C25H31ClN2O4.